The van der Waals surface area contributed by atoms with Crippen LogP contribution in [0.4, 0.5) is 5.69 Å². The molecule has 1 N–H and O–H groups in total. The van der Waals surface area contributed by atoms with Crippen LogP contribution in [-0.4, -0.2) is 15.5 Å². The maximum Gasteiger partial charge on any atom is 0.282 e. The highest BCUT2D eigenvalue weighted by atomic mass is 35.5. The lowest BCUT2D eigenvalue weighted by Gasteiger charge is -2.12. The Morgan fingerprint density at radius 1 is 1.21 bits per heavy atom. The highest BCUT2D eigenvalue weighted by Crippen LogP contribution is 2.23. The Morgan fingerprint density at radius 2 is 1.96 bits per heavy atom. The molecule has 2 aromatic carbocycles. The number of halogens is 1. The Kier molecular flexibility index (Phi) is 4.36. The number of amides is 1. The fourth-order valence-electron chi connectivity index (χ4n) is 2.58. The first-order chi connectivity index (χ1) is 11.5. The molecule has 1 amide bonds. The molecule has 0 saturated heterocycles. The molecule has 1 aromatic heterocycles. The molecular formula is C18H16ClN3O2. The van der Waals surface area contributed by atoms with Crippen molar-refractivity contribution in [3.8, 4) is 0 Å². The molecule has 0 aliphatic heterocycles. The van der Waals surface area contributed by atoms with Crippen LogP contribution in [0.2, 0.25) is 5.02 Å². The summed E-state index contributed by atoms with van der Waals surface area (Å²) in [5.74, 6) is -0.543. The maximum absolute atomic E-state index is 12.6. The molecule has 0 saturated carbocycles. The van der Waals surface area contributed by atoms with Crippen LogP contribution in [-0.2, 0) is 6.54 Å². The third kappa shape index (κ3) is 2.78. The van der Waals surface area contributed by atoms with Gasteiger partial charge >= 0.3 is 0 Å². The van der Waals surface area contributed by atoms with Crippen molar-refractivity contribution in [1.29, 1.82) is 0 Å². The molecule has 0 bridgehead atoms. The lowest BCUT2D eigenvalue weighted by Crippen LogP contribution is -2.31. The normalized spacial score (nSPS) is 10.8. The number of benzene rings is 2. The standard InChI is InChI=1S/C18H16ClN3O2/c1-3-22-15-10-5-4-8-14(15)20-16(18(22)24)17(23)21-13-9-6-7-12(19)11(13)2/h4-10H,3H2,1-2H3,(H,21,23). The van der Waals surface area contributed by atoms with E-state index in [1.807, 2.05) is 25.1 Å². The fraction of sp³-hybridized carbons (Fsp3) is 0.167. The summed E-state index contributed by atoms with van der Waals surface area (Å²) in [5.41, 5.74) is 2.07. The Labute approximate surface area is 143 Å². The molecule has 24 heavy (non-hydrogen) atoms. The predicted molar refractivity (Wildman–Crippen MR) is 95.8 cm³/mol. The first kappa shape index (κ1) is 16.2. The monoisotopic (exact) mass is 341 g/mol. The molecule has 3 aromatic rings. The van der Waals surface area contributed by atoms with Crippen molar-refractivity contribution in [3.63, 3.8) is 0 Å². The topological polar surface area (TPSA) is 64.0 Å². The molecule has 0 aliphatic rings. The summed E-state index contributed by atoms with van der Waals surface area (Å²) in [6.45, 7) is 4.12. The van der Waals surface area contributed by atoms with Crippen molar-refractivity contribution in [1.82, 2.24) is 9.55 Å². The summed E-state index contributed by atoms with van der Waals surface area (Å²) in [7, 11) is 0. The van der Waals surface area contributed by atoms with Gasteiger partial charge in [-0.2, -0.15) is 0 Å². The third-order valence-corrected chi connectivity index (χ3v) is 4.31. The van der Waals surface area contributed by atoms with Crippen molar-refractivity contribution in [2.24, 2.45) is 0 Å². The van der Waals surface area contributed by atoms with Crippen LogP contribution >= 0.6 is 11.6 Å². The zero-order valence-electron chi connectivity index (χ0n) is 13.3. The second-order valence-corrected chi connectivity index (χ2v) is 5.77. The fourth-order valence-corrected chi connectivity index (χ4v) is 2.75. The van der Waals surface area contributed by atoms with Crippen molar-refractivity contribution < 1.29 is 4.79 Å². The number of rotatable bonds is 3. The van der Waals surface area contributed by atoms with E-state index in [2.05, 4.69) is 10.3 Å². The highest BCUT2D eigenvalue weighted by molar-refractivity contribution is 6.31. The van der Waals surface area contributed by atoms with Crippen LogP contribution in [0, 0.1) is 6.92 Å². The minimum atomic E-state index is -0.543. The van der Waals surface area contributed by atoms with Crippen LogP contribution < -0.4 is 10.9 Å². The number of carbonyl (C=O) groups excluding carboxylic acids is 1. The van der Waals surface area contributed by atoms with Crippen LogP contribution in [0.5, 0.6) is 0 Å². The first-order valence-corrected chi connectivity index (χ1v) is 7.96. The molecule has 0 aliphatic carbocycles. The number of aryl methyl sites for hydroxylation is 1. The average molecular weight is 342 g/mol. The van der Waals surface area contributed by atoms with Crippen LogP contribution in [0.3, 0.4) is 0 Å². The van der Waals surface area contributed by atoms with E-state index in [1.54, 1.807) is 35.8 Å². The molecule has 6 heteroatoms. The summed E-state index contributed by atoms with van der Waals surface area (Å²) in [4.78, 5) is 29.4. The van der Waals surface area contributed by atoms with Gasteiger partial charge in [-0.05, 0) is 43.7 Å². The van der Waals surface area contributed by atoms with Crippen molar-refractivity contribution >= 4 is 34.2 Å². The van der Waals surface area contributed by atoms with Gasteiger partial charge < -0.3 is 9.88 Å². The van der Waals surface area contributed by atoms with Gasteiger partial charge in [-0.25, -0.2) is 4.98 Å². The quantitative estimate of drug-likeness (QED) is 0.791. The van der Waals surface area contributed by atoms with Gasteiger partial charge in [0.1, 0.15) is 0 Å². The Hall–Kier alpha value is -2.66. The van der Waals surface area contributed by atoms with Gasteiger partial charge in [0.15, 0.2) is 5.69 Å². The highest BCUT2D eigenvalue weighted by Gasteiger charge is 2.18. The number of aromatic nitrogens is 2. The summed E-state index contributed by atoms with van der Waals surface area (Å²) in [5, 5.41) is 3.27. The van der Waals surface area contributed by atoms with Crippen LogP contribution in [0.15, 0.2) is 47.3 Å². The van der Waals surface area contributed by atoms with Gasteiger partial charge in [0.25, 0.3) is 11.5 Å². The van der Waals surface area contributed by atoms with Gasteiger partial charge in [-0.3, -0.25) is 9.59 Å². The summed E-state index contributed by atoms with van der Waals surface area (Å²) in [6, 6.07) is 12.5. The van der Waals surface area contributed by atoms with Crippen molar-refractivity contribution in [2.75, 3.05) is 5.32 Å². The number of nitrogens with zero attached hydrogens (tertiary/aromatic N) is 2. The molecule has 0 spiro atoms. The van der Waals surface area contributed by atoms with Gasteiger partial charge in [0.05, 0.1) is 11.0 Å². The minimum absolute atomic E-state index is 0.130. The molecule has 0 atom stereocenters. The van der Waals surface area contributed by atoms with E-state index in [4.69, 9.17) is 11.6 Å². The number of fused-ring (bicyclic) bond motifs is 1. The van der Waals surface area contributed by atoms with Crippen LogP contribution in [0.1, 0.15) is 23.0 Å². The third-order valence-electron chi connectivity index (χ3n) is 3.90. The number of hydrogen-bond donors (Lipinski definition) is 1. The number of hydrogen-bond acceptors (Lipinski definition) is 3. The number of carbonyl (C=O) groups is 1. The summed E-state index contributed by atoms with van der Waals surface area (Å²) < 4.78 is 1.54. The van der Waals surface area contributed by atoms with E-state index >= 15 is 0 Å². The predicted octanol–water partition coefficient (Wildman–Crippen LogP) is 3.63. The van der Waals surface area contributed by atoms with Crippen molar-refractivity contribution in [2.45, 2.75) is 20.4 Å². The maximum atomic E-state index is 12.6. The molecule has 0 fully saturated rings. The number of anilines is 1. The summed E-state index contributed by atoms with van der Waals surface area (Å²) >= 11 is 6.07. The second kappa shape index (κ2) is 6.45. The minimum Gasteiger partial charge on any atom is -0.320 e. The van der Waals surface area contributed by atoms with Gasteiger partial charge in [0.2, 0.25) is 0 Å². The van der Waals surface area contributed by atoms with E-state index in [9.17, 15) is 9.59 Å². The molecule has 5 nitrogen and oxygen atoms in total. The molecule has 0 radical (unpaired) electrons. The summed E-state index contributed by atoms with van der Waals surface area (Å²) in [6.07, 6.45) is 0. The Morgan fingerprint density at radius 3 is 2.71 bits per heavy atom. The van der Waals surface area contributed by atoms with E-state index < -0.39 is 11.5 Å². The Balaban J connectivity index is 2.09. The van der Waals surface area contributed by atoms with Gasteiger partial charge in [-0.15, -0.1) is 0 Å². The zero-order chi connectivity index (χ0) is 17.3. The van der Waals surface area contributed by atoms with Crippen LogP contribution in [0.25, 0.3) is 11.0 Å². The largest absolute Gasteiger partial charge is 0.320 e. The first-order valence-electron chi connectivity index (χ1n) is 7.59. The average Bonchev–Trinajstić information content (AvgIpc) is 2.58. The lowest BCUT2D eigenvalue weighted by atomic mass is 10.2. The molecule has 3 rings (SSSR count). The lowest BCUT2D eigenvalue weighted by molar-refractivity contribution is 0.102. The van der Waals surface area contributed by atoms with Gasteiger partial charge in [-0.1, -0.05) is 29.8 Å². The molecule has 122 valence electrons. The Bertz CT molecular complexity index is 995. The van der Waals surface area contributed by atoms with E-state index in [0.717, 1.165) is 5.56 Å². The van der Waals surface area contributed by atoms with E-state index in [1.165, 1.54) is 0 Å². The SMILES string of the molecule is CCn1c(=O)c(C(=O)Nc2cccc(Cl)c2C)nc2ccccc21. The number of nitrogens with one attached hydrogen (secondary N) is 1. The smallest absolute Gasteiger partial charge is 0.282 e. The molecular weight excluding hydrogens is 326 g/mol. The number of para-hydroxylation sites is 2. The molecule has 1 heterocycles. The second-order valence-electron chi connectivity index (χ2n) is 5.37. The van der Waals surface area contributed by atoms with E-state index in [0.29, 0.717) is 28.3 Å². The van der Waals surface area contributed by atoms with E-state index in [-0.39, 0.29) is 5.69 Å². The molecule has 0 unspecified atom stereocenters. The zero-order valence-corrected chi connectivity index (χ0v) is 14.1. The van der Waals surface area contributed by atoms with Gasteiger partial charge in [0, 0.05) is 17.3 Å². The van der Waals surface area contributed by atoms with Crippen molar-refractivity contribution in [3.05, 3.63) is 69.1 Å².